The zero-order valence-electron chi connectivity index (χ0n) is 20.0. The number of hydrogen-bond donors (Lipinski definition) is 0. The van der Waals surface area contributed by atoms with E-state index in [4.69, 9.17) is 9.52 Å². The normalized spacial score (nSPS) is 17.7. The standard InChI is InChI=1S/C29H27N5O2/c1-2-28(35)33-15-12-24(18-33)34-19-25(21-10-13-30-14-11-21)29(32-34)23-5-3-4-20(16-23)6-9-27-31-17-26(36-27)22-7-8-22/h2-6,9-11,13-14,16-17,19,22,24H,1,7-8,12,15,18H2/b9-6+/t24-/m0/s1. The maximum Gasteiger partial charge on any atom is 0.246 e. The van der Waals surface area contributed by atoms with Gasteiger partial charge in [0.2, 0.25) is 11.8 Å². The van der Waals surface area contributed by atoms with E-state index in [9.17, 15) is 4.79 Å². The summed E-state index contributed by atoms with van der Waals surface area (Å²) >= 11 is 0. The molecule has 0 radical (unpaired) electrons. The molecule has 6 rings (SSSR count). The fourth-order valence-electron chi connectivity index (χ4n) is 4.71. The van der Waals surface area contributed by atoms with Crippen LogP contribution in [0.2, 0.25) is 0 Å². The summed E-state index contributed by atoms with van der Waals surface area (Å²) in [4.78, 5) is 22.5. The lowest BCUT2D eigenvalue weighted by Gasteiger charge is -2.14. The highest BCUT2D eigenvalue weighted by molar-refractivity contribution is 5.87. The largest absolute Gasteiger partial charge is 0.442 e. The molecule has 180 valence electrons. The van der Waals surface area contributed by atoms with Crippen LogP contribution in [-0.4, -0.2) is 43.6 Å². The fourth-order valence-corrected chi connectivity index (χ4v) is 4.71. The Kier molecular flexibility index (Phi) is 5.81. The van der Waals surface area contributed by atoms with Crippen molar-refractivity contribution < 1.29 is 9.21 Å². The van der Waals surface area contributed by atoms with E-state index in [2.05, 4.69) is 40.9 Å². The van der Waals surface area contributed by atoms with Crippen LogP contribution in [0.15, 0.2) is 78.3 Å². The van der Waals surface area contributed by atoms with Crippen LogP contribution in [0.1, 0.15) is 48.4 Å². The number of pyridine rings is 1. The molecule has 4 aromatic rings. The molecule has 1 amide bonds. The first-order chi connectivity index (χ1) is 17.7. The smallest absolute Gasteiger partial charge is 0.246 e. The molecule has 1 aliphatic heterocycles. The third-order valence-electron chi connectivity index (χ3n) is 6.85. The Morgan fingerprint density at radius 1 is 1.08 bits per heavy atom. The molecule has 7 heteroatoms. The van der Waals surface area contributed by atoms with Crippen LogP contribution >= 0.6 is 0 Å². The lowest BCUT2D eigenvalue weighted by Crippen LogP contribution is -2.27. The topological polar surface area (TPSA) is 77.0 Å². The van der Waals surface area contributed by atoms with Gasteiger partial charge in [0.1, 0.15) is 11.5 Å². The Balaban J connectivity index is 1.31. The summed E-state index contributed by atoms with van der Waals surface area (Å²) in [7, 11) is 0. The van der Waals surface area contributed by atoms with E-state index < -0.39 is 0 Å². The number of benzene rings is 1. The van der Waals surface area contributed by atoms with Crippen molar-refractivity contribution in [2.24, 2.45) is 0 Å². The maximum absolute atomic E-state index is 12.1. The molecule has 4 heterocycles. The Morgan fingerprint density at radius 2 is 1.94 bits per heavy atom. The van der Waals surface area contributed by atoms with Crippen LogP contribution in [0.5, 0.6) is 0 Å². The van der Waals surface area contributed by atoms with Crippen molar-refractivity contribution in [3.05, 3.63) is 91.1 Å². The van der Waals surface area contributed by atoms with E-state index in [1.54, 1.807) is 12.4 Å². The number of aromatic nitrogens is 4. The predicted molar refractivity (Wildman–Crippen MR) is 139 cm³/mol. The number of carbonyl (C=O) groups is 1. The van der Waals surface area contributed by atoms with Gasteiger partial charge in [0.15, 0.2) is 0 Å². The molecular weight excluding hydrogens is 450 g/mol. The predicted octanol–water partition coefficient (Wildman–Crippen LogP) is 5.61. The number of carbonyl (C=O) groups excluding carboxylic acids is 1. The van der Waals surface area contributed by atoms with Crippen LogP contribution < -0.4 is 0 Å². The molecule has 1 aliphatic carbocycles. The molecule has 0 spiro atoms. The number of hydrogen-bond acceptors (Lipinski definition) is 5. The number of likely N-dealkylation sites (tertiary alicyclic amines) is 1. The molecular formula is C29H27N5O2. The summed E-state index contributed by atoms with van der Waals surface area (Å²) in [6.45, 7) is 4.96. The Labute approximate surface area is 209 Å². The minimum Gasteiger partial charge on any atom is -0.442 e. The van der Waals surface area contributed by atoms with Crippen molar-refractivity contribution in [2.45, 2.75) is 31.2 Å². The van der Waals surface area contributed by atoms with E-state index in [0.29, 0.717) is 24.9 Å². The second-order valence-corrected chi connectivity index (χ2v) is 9.37. The quantitative estimate of drug-likeness (QED) is 0.324. The van der Waals surface area contributed by atoms with E-state index in [0.717, 1.165) is 40.1 Å². The van der Waals surface area contributed by atoms with E-state index in [1.807, 2.05) is 46.1 Å². The van der Waals surface area contributed by atoms with Crippen LogP contribution in [0.3, 0.4) is 0 Å². The first-order valence-electron chi connectivity index (χ1n) is 12.3. The summed E-state index contributed by atoms with van der Waals surface area (Å²) in [6, 6.07) is 12.4. The lowest BCUT2D eigenvalue weighted by molar-refractivity contribution is -0.125. The molecule has 2 fully saturated rings. The van der Waals surface area contributed by atoms with Gasteiger partial charge in [-0.25, -0.2) is 4.98 Å². The zero-order chi connectivity index (χ0) is 24.5. The molecule has 36 heavy (non-hydrogen) atoms. The van der Waals surface area contributed by atoms with Gasteiger partial charge >= 0.3 is 0 Å². The fraction of sp³-hybridized carbons (Fsp3) is 0.241. The molecule has 1 atom stereocenters. The Hall–Kier alpha value is -4.26. The molecule has 0 N–H and O–H groups in total. The molecule has 0 bridgehead atoms. The Morgan fingerprint density at radius 3 is 2.75 bits per heavy atom. The van der Waals surface area contributed by atoms with Crippen molar-refractivity contribution in [1.82, 2.24) is 24.6 Å². The monoisotopic (exact) mass is 477 g/mol. The van der Waals surface area contributed by atoms with Crippen LogP contribution in [0.25, 0.3) is 34.5 Å². The van der Waals surface area contributed by atoms with Gasteiger partial charge in [-0.3, -0.25) is 14.5 Å². The van der Waals surface area contributed by atoms with Crippen LogP contribution in [-0.2, 0) is 4.79 Å². The number of nitrogens with zero attached hydrogens (tertiary/aromatic N) is 5. The van der Waals surface area contributed by atoms with Gasteiger partial charge in [0.05, 0.1) is 12.2 Å². The SMILES string of the molecule is C=CC(=O)N1CC[C@H](n2cc(-c3ccncc3)c(-c3cccc(/C=C/c4ncc(C5CC5)o4)c3)n2)C1. The Bertz CT molecular complexity index is 1430. The van der Waals surface area contributed by atoms with Crippen molar-refractivity contribution in [2.75, 3.05) is 13.1 Å². The van der Waals surface area contributed by atoms with E-state index >= 15 is 0 Å². The molecule has 1 saturated heterocycles. The first-order valence-corrected chi connectivity index (χ1v) is 12.3. The van der Waals surface area contributed by atoms with Crippen molar-refractivity contribution in [3.63, 3.8) is 0 Å². The third-order valence-corrected chi connectivity index (χ3v) is 6.85. The minimum atomic E-state index is -0.0333. The maximum atomic E-state index is 12.1. The summed E-state index contributed by atoms with van der Waals surface area (Å²) in [5, 5.41) is 5.03. The van der Waals surface area contributed by atoms with Gasteiger partial charge in [-0.1, -0.05) is 24.8 Å². The van der Waals surface area contributed by atoms with Crippen molar-refractivity contribution >= 4 is 18.1 Å². The van der Waals surface area contributed by atoms with Gasteiger partial charge in [0.25, 0.3) is 0 Å². The van der Waals surface area contributed by atoms with Gasteiger partial charge in [-0.15, -0.1) is 0 Å². The molecule has 0 unspecified atom stereocenters. The molecule has 1 saturated carbocycles. The number of rotatable bonds is 7. The second-order valence-electron chi connectivity index (χ2n) is 9.37. The minimum absolute atomic E-state index is 0.0333. The van der Waals surface area contributed by atoms with Crippen LogP contribution in [0, 0.1) is 0 Å². The zero-order valence-corrected chi connectivity index (χ0v) is 20.0. The number of oxazole rings is 1. The highest BCUT2D eigenvalue weighted by atomic mass is 16.4. The van der Waals surface area contributed by atoms with Crippen molar-refractivity contribution in [1.29, 1.82) is 0 Å². The summed E-state index contributed by atoms with van der Waals surface area (Å²) in [5.41, 5.74) is 5.05. The molecule has 2 aliphatic rings. The summed E-state index contributed by atoms with van der Waals surface area (Å²) < 4.78 is 7.87. The highest BCUT2D eigenvalue weighted by Gasteiger charge is 2.28. The van der Waals surface area contributed by atoms with Gasteiger partial charge < -0.3 is 9.32 Å². The average Bonchev–Trinajstić information content (AvgIpc) is 3.31. The third kappa shape index (κ3) is 4.52. The molecule has 3 aromatic heterocycles. The van der Waals surface area contributed by atoms with Crippen molar-refractivity contribution in [3.8, 4) is 22.4 Å². The average molecular weight is 478 g/mol. The summed E-state index contributed by atoms with van der Waals surface area (Å²) in [6.07, 6.45) is 16.1. The van der Waals surface area contributed by atoms with E-state index in [1.165, 1.54) is 18.9 Å². The van der Waals surface area contributed by atoms with Gasteiger partial charge in [0, 0.05) is 54.8 Å². The molecule has 7 nitrogen and oxygen atoms in total. The lowest BCUT2D eigenvalue weighted by atomic mass is 10.0. The second kappa shape index (κ2) is 9.41. The van der Waals surface area contributed by atoms with E-state index in [-0.39, 0.29) is 11.9 Å². The van der Waals surface area contributed by atoms with Gasteiger partial charge in [-0.05, 0) is 60.7 Å². The van der Waals surface area contributed by atoms with Gasteiger partial charge in [-0.2, -0.15) is 5.10 Å². The van der Waals surface area contributed by atoms with Crippen LogP contribution in [0.4, 0.5) is 0 Å². The highest BCUT2D eigenvalue weighted by Crippen LogP contribution is 2.40. The molecule has 1 aromatic carbocycles. The summed E-state index contributed by atoms with van der Waals surface area (Å²) in [5.74, 6) is 2.13. The first kappa shape index (κ1) is 22.2. The number of amides is 1.